The summed E-state index contributed by atoms with van der Waals surface area (Å²) in [6.07, 6.45) is 13.1. The molecule has 0 aliphatic heterocycles. The van der Waals surface area contributed by atoms with Crippen LogP contribution >= 0.6 is 0 Å². The fourth-order valence-corrected chi connectivity index (χ4v) is 5.10. The van der Waals surface area contributed by atoms with E-state index in [1.165, 1.54) is 31.1 Å². The summed E-state index contributed by atoms with van der Waals surface area (Å²) < 4.78 is 0. The Morgan fingerprint density at radius 1 is 1.06 bits per heavy atom. The molecule has 4 saturated carbocycles. The van der Waals surface area contributed by atoms with Crippen LogP contribution in [0.1, 0.15) is 51.9 Å². The summed E-state index contributed by atoms with van der Waals surface area (Å²) in [6.45, 7) is 2.31. The number of unbranched alkanes of at least 4 members (excludes halogenated alkanes) is 1. The third-order valence-corrected chi connectivity index (χ3v) is 6.33. The van der Waals surface area contributed by atoms with E-state index in [0.717, 1.165) is 23.7 Å². The molecule has 88 valence electrons. The first kappa shape index (κ1) is 9.74. The van der Waals surface area contributed by atoms with Crippen molar-refractivity contribution < 1.29 is 0 Å². The van der Waals surface area contributed by atoms with Gasteiger partial charge in [-0.15, -0.1) is 0 Å². The molecule has 4 rings (SSSR count). The van der Waals surface area contributed by atoms with E-state index < -0.39 is 0 Å². The predicted molar refractivity (Wildman–Crippen MR) is 67.0 cm³/mol. The zero-order valence-corrected chi connectivity index (χ0v) is 10.5. The lowest BCUT2D eigenvalue weighted by Gasteiger charge is -2.66. The van der Waals surface area contributed by atoms with Crippen molar-refractivity contribution in [3.63, 3.8) is 0 Å². The molecule has 4 aliphatic carbocycles. The molecule has 0 amide bonds. The van der Waals surface area contributed by atoms with Gasteiger partial charge in [0.2, 0.25) is 0 Å². The maximum atomic E-state index is 2.64. The summed E-state index contributed by atoms with van der Waals surface area (Å²) in [4.78, 5) is 0. The second kappa shape index (κ2) is 3.37. The van der Waals surface area contributed by atoms with E-state index in [1.54, 1.807) is 25.7 Å². The number of fused-ring (bicyclic) bond motifs is 2. The minimum Gasteiger partial charge on any atom is -0.0847 e. The van der Waals surface area contributed by atoms with Crippen molar-refractivity contribution in [2.75, 3.05) is 0 Å². The van der Waals surface area contributed by atoms with Gasteiger partial charge in [-0.2, -0.15) is 0 Å². The summed E-state index contributed by atoms with van der Waals surface area (Å²) >= 11 is 0. The summed E-state index contributed by atoms with van der Waals surface area (Å²) in [5.74, 6) is 6.79. The van der Waals surface area contributed by atoms with Crippen LogP contribution in [0, 0.1) is 35.5 Å². The van der Waals surface area contributed by atoms with Crippen LogP contribution in [0.25, 0.3) is 0 Å². The second-order valence-electron chi connectivity index (χ2n) is 6.77. The Kier molecular flexibility index (Phi) is 2.05. The van der Waals surface area contributed by atoms with Gasteiger partial charge in [-0.25, -0.2) is 0 Å². The molecule has 6 atom stereocenters. The molecule has 0 spiro atoms. The molecular formula is C16H24. The van der Waals surface area contributed by atoms with Gasteiger partial charge in [0.05, 0.1) is 0 Å². The molecule has 16 heavy (non-hydrogen) atoms. The molecule has 0 radical (unpaired) electrons. The van der Waals surface area contributed by atoms with E-state index in [4.69, 9.17) is 0 Å². The molecule has 0 saturated heterocycles. The monoisotopic (exact) mass is 216 g/mol. The quantitative estimate of drug-likeness (QED) is 0.613. The molecule has 0 aromatic carbocycles. The maximum absolute atomic E-state index is 2.64. The number of rotatable bonds is 3. The van der Waals surface area contributed by atoms with Crippen molar-refractivity contribution in [1.29, 1.82) is 0 Å². The molecule has 0 aromatic rings. The SMILES string of the molecule is CCCC=C1C2CCC2C1C1CC2CCC21. The van der Waals surface area contributed by atoms with Gasteiger partial charge in [0, 0.05) is 0 Å². The lowest BCUT2D eigenvalue weighted by molar-refractivity contribution is -0.112. The highest BCUT2D eigenvalue weighted by Gasteiger charge is 2.60. The van der Waals surface area contributed by atoms with E-state index in [-0.39, 0.29) is 0 Å². The van der Waals surface area contributed by atoms with Gasteiger partial charge >= 0.3 is 0 Å². The third kappa shape index (κ3) is 1.07. The summed E-state index contributed by atoms with van der Waals surface area (Å²) in [6, 6.07) is 0. The topological polar surface area (TPSA) is 0 Å². The minimum absolute atomic E-state index is 1.07. The zero-order chi connectivity index (χ0) is 10.7. The molecule has 0 N–H and O–H groups in total. The van der Waals surface area contributed by atoms with Gasteiger partial charge in [-0.1, -0.05) is 25.0 Å². The lowest BCUT2D eigenvalue weighted by Crippen LogP contribution is -2.58. The average molecular weight is 216 g/mol. The van der Waals surface area contributed by atoms with Crippen LogP contribution < -0.4 is 0 Å². The number of allylic oxidation sites excluding steroid dienone is 2. The van der Waals surface area contributed by atoms with Gasteiger partial charge in [0.1, 0.15) is 0 Å². The second-order valence-corrected chi connectivity index (χ2v) is 6.77. The first-order chi connectivity index (χ1) is 7.90. The van der Waals surface area contributed by atoms with Crippen molar-refractivity contribution in [2.45, 2.75) is 51.9 Å². The Bertz CT molecular complexity index is 327. The van der Waals surface area contributed by atoms with Crippen LogP contribution in [0.4, 0.5) is 0 Å². The van der Waals surface area contributed by atoms with Crippen LogP contribution in [0.15, 0.2) is 11.6 Å². The van der Waals surface area contributed by atoms with Crippen LogP contribution in [0.2, 0.25) is 0 Å². The number of hydrogen-bond donors (Lipinski definition) is 0. The maximum Gasteiger partial charge on any atom is -0.0135 e. The molecule has 6 unspecified atom stereocenters. The smallest absolute Gasteiger partial charge is 0.0135 e. The van der Waals surface area contributed by atoms with Crippen LogP contribution in [0.3, 0.4) is 0 Å². The van der Waals surface area contributed by atoms with Gasteiger partial charge in [-0.05, 0) is 74.0 Å². The summed E-state index contributed by atoms with van der Waals surface area (Å²) in [7, 11) is 0. The molecule has 0 aromatic heterocycles. The Hall–Kier alpha value is -0.260. The molecular weight excluding hydrogens is 192 g/mol. The number of hydrogen-bond acceptors (Lipinski definition) is 0. The van der Waals surface area contributed by atoms with Crippen LogP contribution in [-0.2, 0) is 0 Å². The van der Waals surface area contributed by atoms with Crippen LogP contribution in [-0.4, -0.2) is 0 Å². The molecule has 0 heteroatoms. The summed E-state index contributed by atoms with van der Waals surface area (Å²) in [5.41, 5.74) is 1.92. The Balaban J connectivity index is 1.49. The van der Waals surface area contributed by atoms with Crippen molar-refractivity contribution in [1.82, 2.24) is 0 Å². The molecule has 4 fully saturated rings. The summed E-state index contributed by atoms with van der Waals surface area (Å²) in [5, 5.41) is 0. The van der Waals surface area contributed by atoms with Crippen molar-refractivity contribution in [3.05, 3.63) is 11.6 Å². The lowest BCUT2D eigenvalue weighted by atomic mass is 9.39. The highest BCUT2D eigenvalue weighted by Crippen LogP contribution is 2.68. The van der Waals surface area contributed by atoms with E-state index in [1.807, 2.05) is 5.57 Å². The standard InChI is InChI=1S/C16H24/c1-2-3-4-13-12-7-8-14(12)16(13)15-9-10-5-6-11(10)15/h4,10-12,14-16H,2-3,5-9H2,1H3. The van der Waals surface area contributed by atoms with E-state index in [9.17, 15) is 0 Å². The first-order valence-corrected chi connectivity index (χ1v) is 7.60. The normalized spacial score (nSPS) is 55.2. The zero-order valence-electron chi connectivity index (χ0n) is 10.5. The van der Waals surface area contributed by atoms with Gasteiger partial charge in [-0.3, -0.25) is 0 Å². The fraction of sp³-hybridized carbons (Fsp3) is 0.875. The molecule has 0 bridgehead atoms. The highest BCUT2D eigenvalue weighted by atomic mass is 14.6. The predicted octanol–water partition coefficient (Wildman–Crippen LogP) is 4.42. The van der Waals surface area contributed by atoms with Gasteiger partial charge in [0.15, 0.2) is 0 Å². The Morgan fingerprint density at radius 2 is 1.94 bits per heavy atom. The minimum atomic E-state index is 1.07. The Morgan fingerprint density at radius 3 is 2.44 bits per heavy atom. The highest BCUT2D eigenvalue weighted by molar-refractivity contribution is 5.30. The fourth-order valence-electron chi connectivity index (χ4n) is 5.10. The van der Waals surface area contributed by atoms with Gasteiger partial charge in [0.25, 0.3) is 0 Å². The first-order valence-electron chi connectivity index (χ1n) is 7.60. The van der Waals surface area contributed by atoms with Crippen LogP contribution in [0.5, 0.6) is 0 Å². The molecule has 4 aliphatic rings. The molecule has 0 nitrogen and oxygen atoms in total. The average Bonchev–Trinajstić information content (AvgIpc) is 2.23. The third-order valence-electron chi connectivity index (χ3n) is 6.33. The molecule has 0 heterocycles. The van der Waals surface area contributed by atoms with Crippen molar-refractivity contribution in [2.24, 2.45) is 35.5 Å². The van der Waals surface area contributed by atoms with Crippen molar-refractivity contribution >= 4 is 0 Å². The van der Waals surface area contributed by atoms with E-state index in [2.05, 4.69) is 13.0 Å². The van der Waals surface area contributed by atoms with Crippen molar-refractivity contribution in [3.8, 4) is 0 Å². The van der Waals surface area contributed by atoms with Gasteiger partial charge < -0.3 is 0 Å². The van der Waals surface area contributed by atoms with E-state index in [0.29, 0.717) is 0 Å². The van der Waals surface area contributed by atoms with E-state index >= 15 is 0 Å². The largest absolute Gasteiger partial charge is 0.0847 e. The Labute approximate surface area is 99.5 Å².